The summed E-state index contributed by atoms with van der Waals surface area (Å²) >= 11 is 9.18. The van der Waals surface area contributed by atoms with Gasteiger partial charge in [-0.15, -0.1) is 11.3 Å². The first-order valence-electron chi connectivity index (χ1n) is 10.1. The molecule has 3 aromatic heterocycles. The van der Waals surface area contributed by atoms with Crippen LogP contribution in [0, 0.1) is 5.82 Å². The number of aryl methyl sites for hydroxylation is 2. The molecule has 0 radical (unpaired) electrons. The predicted molar refractivity (Wildman–Crippen MR) is 125 cm³/mol. The highest BCUT2D eigenvalue weighted by atomic mass is 35.5. The number of fused-ring (bicyclic) bond motifs is 3. The van der Waals surface area contributed by atoms with E-state index in [1.807, 2.05) is 12.1 Å². The number of rotatable bonds is 5. The molecule has 4 nitrogen and oxygen atoms in total. The molecule has 31 heavy (non-hydrogen) atoms. The number of nitrogens with zero attached hydrogens (tertiary/aromatic N) is 3. The van der Waals surface area contributed by atoms with Crippen LogP contribution in [0.2, 0.25) is 5.02 Å². The summed E-state index contributed by atoms with van der Waals surface area (Å²) in [5, 5.41) is 1.71. The van der Waals surface area contributed by atoms with Gasteiger partial charge in [0.2, 0.25) is 0 Å². The van der Waals surface area contributed by atoms with Gasteiger partial charge in [0.15, 0.2) is 5.16 Å². The minimum absolute atomic E-state index is 0.0247. The van der Waals surface area contributed by atoms with Gasteiger partial charge in [0.25, 0.3) is 5.56 Å². The average Bonchev–Trinajstić information content (AvgIpc) is 3.15. The number of thiophene rings is 1. The van der Waals surface area contributed by atoms with Gasteiger partial charge < -0.3 is 0 Å². The Morgan fingerprint density at radius 2 is 1.97 bits per heavy atom. The third-order valence-corrected chi connectivity index (χ3v) is 8.08. The third kappa shape index (κ3) is 4.02. The maximum atomic E-state index is 14.3. The first kappa shape index (κ1) is 20.7. The van der Waals surface area contributed by atoms with E-state index in [0.717, 1.165) is 41.5 Å². The standard InChI is InChI=1S/C23H19ClFN3OS2/c24-17-5-3-6-18(25)16(17)13-30-23-27-21-20(15-4-1-2-7-19(15)31-21)22(29)28(23)12-14-8-10-26-11-9-14/h3,5-6,8-11H,1-2,4,7,12-13H2. The Hall–Kier alpha value is -2.22. The van der Waals surface area contributed by atoms with Crippen molar-refractivity contribution in [1.82, 2.24) is 14.5 Å². The van der Waals surface area contributed by atoms with Gasteiger partial charge in [-0.1, -0.05) is 29.4 Å². The highest BCUT2D eigenvalue weighted by Crippen LogP contribution is 2.35. The molecule has 0 aliphatic heterocycles. The van der Waals surface area contributed by atoms with Crippen molar-refractivity contribution in [2.24, 2.45) is 0 Å². The molecule has 0 fully saturated rings. The van der Waals surface area contributed by atoms with Crippen molar-refractivity contribution in [1.29, 1.82) is 0 Å². The summed E-state index contributed by atoms with van der Waals surface area (Å²) in [7, 11) is 0. The number of halogens is 2. The van der Waals surface area contributed by atoms with Gasteiger partial charge in [-0.2, -0.15) is 0 Å². The molecule has 0 unspecified atom stereocenters. The van der Waals surface area contributed by atoms with E-state index in [1.54, 1.807) is 40.4 Å². The summed E-state index contributed by atoms with van der Waals surface area (Å²) in [6.07, 6.45) is 7.62. The topological polar surface area (TPSA) is 47.8 Å². The molecule has 0 N–H and O–H groups in total. The number of benzene rings is 1. The first-order chi connectivity index (χ1) is 15.1. The molecule has 0 atom stereocenters. The van der Waals surface area contributed by atoms with Crippen LogP contribution in [0.4, 0.5) is 4.39 Å². The Kier molecular flexibility index (Phi) is 5.82. The molecule has 1 aromatic carbocycles. The predicted octanol–water partition coefficient (Wildman–Crippen LogP) is 5.86. The maximum Gasteiger partial charge on any atom is 0.263 e. The second-order valence-electron chi connectivity index (χ2n) is 7.52. The lowest BCUT2D eigenvalue weighted by molar-refractivity contribution is 0.617. The SMILES string of the molecule is O=c1c2c3c(sc2nc(SCc2c(F)cccc2Cl)n1Cc1ccncc1)CCCC3. The molecule has 0 saturated heterocycles. The largest absolute Gasteiger partial charge is 0.283 e. The Balaban J connectivity index is 1.61. The van der Waals surface area contributed by atoms with Crippen LogP contribution in [0.1, 0.15) is 34.4 Å². The zero-order valence-electron chi connectivity index (χ0n) is 16.6. The van der Waals surface area contributed by atoms with Crippen LogP contribution in [0.5, 0.6) is 0 Å². The molecule has 158 valence electrons. The summed E-state index contributed by atoms with van der Waals surface area (Å²) in [5.74, 6) is -0.0547. The average molecular weight is 472 g/mol. The van der Waals surface area contributed by atoms with Crippen LogP contribution >= 0.6 is 34.7 Å². The Labute approximate surface area is 192 Å². The van der Waals surface area contributed by atoms with Gasteiger partial charge in [-0.05, 0) is 61.1 Å². The smallest absolute Gasteiger partial charge is 0.263 e. The maximum absolute atomic E-state index is 14.3. The van der Waals surface area contributed by atoms with E-state index >= 15 is 0 Å². The van der Waals surface area contributed by atoms with Crippen molar-refractivity contribution >= 4 is 44.9 Å². The van der Waals surface area contributed by atoms with Crippen molar-refractivity contribution in [3.05, 3.63) is 85.5 Å². The number of aromatic nitrogens is 3. The zero-order valence-corrected chi connectivity index (χ0v) is 19.0. The van der Waals surface area contributed by atoms with Gasteiger partial charge in [-0.3, -0.25) is 14.3 Å². The number of thioether (sulfide) groups is 1. The summed E-state index contributed by atoms with van der Waals surface area (Å²) < 4.78 is 16.0. The Bertz CT molecular complexity index is 1300. The zero-order chi connectivity index (χ0) is 21.4. The molecule has 3 heterocycles. The molecule has 0 spiro atoms. The number of hydrogen-bond donors (Lipinski definition) is 0. The second kappa shape index (κ2) is 8.73. The third-order valence-electron chi connectivity index (χ3n) is 5.54. The van der Waals surface area contributed by atoms with E-state index in [9.17, 15) is 9.18 Å². The molecule has 0 bridgehead atoms. The van der Waals surface area contributed by atoms with E-state index in [-0.39, 0.29) is 11.4 Å². The van der Waals surface area contributed by atoms with Crippen molar-refractivity contribution in [2.45, 2.75) is 43.1 Å². The lowest BCUT2D eigenvalue weighted by Crippen LogP contribution is -2.24. The first-order valence-corrected chi connectivity index (χ1v) is 12.3. The number of pyridine rings is 1. The van der Waals surface area contributed by atoms with Crippen LogP contribution < -0.4 is 5.56 Å². The normalized spacial score (nSPS) is 13.5. The fourth-order valence-electron chi connectivity index (χ4n) is 3.95. The molecule has 0 amide bonds. The minimum Gasteiger partial charge on any atom is -0.283 e. The van der Waals surface area contributed by atoms with E-state index in [2.05, 4.69) is 4.98 Å². The van der Waals surface area contributed by atoms with Crippen LogP contribution in [-0.2, 0) is 25.1 Å². The summed E-state index contributed by atoms with van der Waals surface area (Å²) in [6.45, 7) is 0.391. The minimum atomic E-state index is -0.351. The molecule has 1 aliphatic rings. The van der Waals surface area contributed by atoms with Crippen LogP contribution in [0.3, 0.4) is 0 Å². The highest BCUT2D eigenvalue weighted by molar-refractivity contribution is 7.98. The molecular formula is C23H19ClFN3OS2. The molecule has 0 saturated carbocycles. The monoisotopic (exact) mass is 471 g/mol. The summed E-state index contributed by atoms with van der Waals surface area (Å²) in [4.78, 5) is 24.6. The fourth-order valence-corrected chi connectivity index (χ4v) is 6.59. The van der Waals surface area contributed by atoms with Gasteiger partial charge >= 0.3 is 0 Å². The van der Waals surface area contributed by atoms with Gasteiger partial charge in [0.05, 0.1) is 11.9 Å². The summed E-state index contributed by atoms with van der Waals surface area (Å²) in [5.41, 5.74) is 2.53. The van der Waals surface area contributed by atoms with E-state index in [0.29, 0.717) is 28.0 Å². The van der Waals surface area contributed by atoms with Crippen molar-refractivity contribution < 1.29 is 4.39 Å². The van der Waals surface area contributed by atoms with Crippen molar-refractivity contribution in [3.63, 3.8) is 0 Å². The summed E-state index contributed by atoms with van der Waals surface area (Å²) in [6, 6.07) is 8.44. The molecule has 1 aliphatic carbocycles. The molecule has 5 rings (SSSR count). The lowest BCUT2D eigenvalue weighted by Gasteiger charge is -2.14. The van der Waals surface area contributed by atoms with E-state index in [4.69, 9.17) is 16.6 Å². The number of hydrogen-bond acceptors (Lipinski definition) is 5. The Morgan fingerprint density at radius 1 is 1.16 bits per heavy atom. The molecular weight excluding hydrogens is 453 g/mol. The highest BCUT2D eigenvalue weighted by Gasteiger charge is 2.22. The van der Waals surface area contributed by atoms with Crippen molar-refractivity contribution in [2.75, 3.05) is 0 Å². The second-order valence-corrected chi connectivity index (χ2v) is 9.95. The van der Waals surface area contributed by atoms with Crippen LogP contribution in [0.25, 0.3) is 10.2 Å². The van der Waals surface area contributed by atoms with Gasteiger partial charge in [0.1, 0.15) is 10.6 Å². The molecule has 8 heteroatoms. The van der Waals surface area contributed by atoms with Crippen LogP contribution in [0.15, 0.2) is 52.7 Å². The van der Waals surface area contributed by atoms with Crippen molar-refractivity contribution in [3.8, 4) is 0 Å². The van der Waals surface area contributed by atoms with Gasteiger partial charge in [-0.25, -0.2) is 9.37 Å². The fraction of sp³-hybridized carbons (Fsp3) is 0.261. The lowest BCUT2D eigenvalue weighted by atomic mass is 9.97. The van der Waals surface area contributed by atoms with E-state index < -0.39 is 0 Å². The van der Waals surface area contributed by atoms with Crippen LogP contribution in [-0.4, -0.2) is 14.5 Å². The quantitative estimate of drug-likeness (QED) is 0.270. The Morgan fingerprint density at radius 3 is 2.77 bits per heavy atom. The molecule has 4 aromatic rings. The van der Waals surface area contributed by atoms with E-state index in [1.165, 1.54) is 28.3 Å². The van der Waals surface area contributed by atoms with Gasteiger partial charge in [0, 0.05) is 33.6 Å².